The first-order valence-electron chi connectivity index (χ1n) is 6.63. The quantitative estimate of drug-likeness (QED) is 0.835. The first-order chi connectivity index (χ1) is 9.61. The van der Waals surface area contributed by atoms with Gasteiger partial charge >= 0.3 is 5.97 Å². The van der Waals surface area contributed by atoms with Crippen LogP contribution in [0, 0.1) is 5.82 Å². The lowest BCUT2D eigenvalue weighted by atomic mass is 9.97. The smallest absolute Gasteiger partial charge is 0.312 e. The van der Waals surface area contributed by atoms with Crippen LogP contribution >= 0.6 is 0 Å². The van der Waals surface area contributed by atoms with Crippen molar-refractivity contribution in [1.29, 1.82) is 0 Å². The van der Waals surface area contributed by atoms with E-state index in [2.05, 4.69) is 4.90 Å². The number of nitrogens with zero attached hydrogens (tertiary/aromatic N) is 1. The van der Waals surface area contributed by atoms with E-state index < -0.39 is 11.9 Å². The second-order valence-electron chi connectivity index (χ2n) is 4.87. The van der Waals surface area contributed by atoms with E-state index in [1.54, 1.807) is 12.1 Å². The maximum Gasteiger partial charge on any atom is 0.312 e. The summed E-state index contributed by atoms with van der Waals surface area (Å²) in [6.45, 7) is 3.35. The number of aliphatic carboxylic acids is 1. The van der Waals surface area contributed by atoms with Gasteiger partial charge in [0.25, 0.3) is 0 Å². The zero-order chi connectivity index (χ0) is 14.5. The van der Waals surface area contributed by atoms with Gasteiger partial charge in [-0.2, -0.15) is 0 Å². The first-order valence-corrected chi connectivity index (χ1v) is 6.63. The Labute approximate surface area is 117 Å². The number of ether oxygens (including phenoxy) is 1. The van der Waals surface area contributed by atoms with Gasteiger partial charge in [0, 0.05) is 31.7 Å². The number of hydrogen-bond acceptors (Lipinski definition) is 4. The van der Waals surface area contributed by atoms with Crippen molar-refractivity contribution >= 4 is 5.97 Å². The molecule has 6 heteroatoms. The average molecular weight is 282 g/mol. The summed E-state index contributed by atoms with van der Waals surface area (Å²) >= 11 is 0. The molecule has 3 N–H and O–H groups in total. The topological polar surface area (TPSA) is 75.8 Å². The maximum absolute atomic E-state index is 14.1. The molecule has 1 aliphatic rings. The van der Waals surface area contributed by atoms with Crippen molar-refractivity contribution in [1.82, 2.24) is 4.90 Å². The number of morpholine rings is 1. The van der Waals surface area contributed by atoms with E-state index in [-0.39, 0.29) is 12.4 Å². The number of hydrogen-bond donors (Lipinski definition) is 2. The van der Waals surface area contributed by atoms with Gasteiger partial charge in [0.1, 0.15) is 5.82 Å². The van der Waals surface area contributed by atoms with Gasteiger partial charge in [0.15, 0.2) is 0 Å². The van der Waals surface area contributed by atoms with Crippen molar-refractivity contribution in [3.8, 4) is 0 Å². The average Bonchev–Trinajstić information content (AvgIpc) is 2.43. The second-order valence-corrected chi connectivity index (χ2v) is 4.87. The largest absolute Gasteiger partial charge is 0.481 e. The molecule has 2 rings (SSSR count). The molecule has 1 fully saturated rings. The Morgan fingerprint density at radius 3 is 2.70 bits per heavy atom. The zero-order valence-electron chi connectivity index (χ0n) is 11.2. The third kappa shape index (κ3) is 3.53. The molecule has 1 unspecified atom stereocenters. The molecule has 0 aliphatic carbocycles. The van der Waals surface area contributed by atoms with Gasteiger partial charge in [-0.15, -0.1) is 0 Å². The molecule has 0 amide bonds. The molecule has 5 nitrogen and oxygen atoms in total. The minimum absolute atomic E-state index is 0.0441. The van der Waals surface area contributed by atoms with Crippen LogP contribution in [0.25, 0.3) is 0 Å². The van der Waals surface area contributed by atoms with Crippen LogP contribution in [-0.4, -0.2) is 48.8 Å². The fourth-order valence-electron chi connectivity index (χ4n) is 2.29. The number of nitrogens with two attached hydrogens (primary N) is 1. The molecule has 110 valence electrons. The molecule has 20 heavy (non-hydrogen) atoms. The van der Waals surface area contributed by atoms with Crippen molar-refractivity contribution in [2.45, 2.75) is 12.5 Å². The normalized spacial score (nSPS) is 17.9. The Hall–Kier alpha value is -1.50. The van der Waals surface area contributed by atoms with Gasteiger partial charge in [-0.3, -0.25) is 9.69 Å². The van der Waals surface area contributed by atoms with E-state index in [9.17, 15) is 9.18 Å². The molecule has 0 aromatic heterocycles. The molecule has 1 saturated heterocycles. The van der Waals surface area contributed by atoms with Crippen molar-refractivity contribution < 1.29 is 19.0 Å². The van der Waals surface area contributed by atoms with Crippen LogP contribution in [0.4, 0.5) is 4.39 Å². The monoisotopic (exact) mass is 282 g/mol. The number of carboxylic acid groups (broad SMARTS) is 1. The van der Waals surface area contributed by atoms with E-state index in [1.807, 2.05) is 0 Å². The van der Waals surface area contributed by atoms with Crippen LogP contribution in [0.5, 0.6) is 0 Å². The Morgan fingerprint density at radius 1 is 1.45 bits per heavy atom. The van der Waals surface area contributed by atoms with Gasteiger partial charge in [0.2, 0.25) is 0 Å². The molecule has 1 aliphatic heterocycles. The fourth-order valence-corrected chi connectivity index (χ4v) is 2.29. The van der Waals surface area contributed by atoms with Crippen LogP contribution in [0.1, 0.15) is 17.0 Å². The highest BCUT2D eigenvalue weighted by Crippen LogP contribution is 2.20. The summed E-state index contributed by atoms with van der Waals surface area (Å²) in [5.74, 6) is -2.27. The SMILES string of the molecule is NCC(C(=O)O)c1ccc(CN2CCOCC2)c(F)c1. The number of rotatable bonds is 5. The van der Waals surface area contributed by atoms with Crippen LogP contribution in [0.2, 0.25) is 0 Å². The van der Waals surface area contributed by atoms with Gasteiger partial charge < -0.3 is 15.6 Å². The molecule has 1 aromatic rings. The van der Waals surface area contributed by atoms with Gasteiger partial charge in [-0.05, 0) is 11.6 Å². The second kappa shape index (κ2) is 6.78. The summed E-state index contributed by atoms with van der Waals surface area (Å²) in [6, 6.07) is 4.57. The fraction of sp³-hybridized carbons (Fsp3) is 0.500. The Kier molecular flexibility index (Phi) is 5.05. The van der Waals surface area contributed by atoms with E-state index in [0.717, 1.165) is 13.1 Å². The first kappa shape index (κ1) is 14.9. The van der Waals surface area contributed by atoms with E-state index in [0.29, 0.717) is 30.9 Å². The van der Waals surface area contributed by atoms with Crippen LogP contribution in [0.15, 0.2) is 18.2 Å². The summed E-state index contributed by atoms with van der Waals surface area (Å²) in [5, 5.41) is 9.02. The molecule has 0 bridgehead atoms. The highest BCUT2D eigenvalue weighted by Gasteiger charge is 2.20. The summed E-state index contributed by atoms with van der Waals surface area (Å²) in [5.41, 5.74) is 6.39. The molecule has 1 heterocycles. The molecular formula is C14H19FN2O3. The number of benzene rings is 1. The Bertz CT molecular complexity index is 475. The number of carbonyl (C=O) groups is 1. The van der Waals surface area contributed by atoms with Crippen molar-refractivity contribution in [3.63, 3.8) is 0 Å². The Balaban J connectivity index is 2.10. The van der Waals surface area contributed by atoms with E-state index in [4.69, 9.17) is 15.6 Å². The van der Waals surface area contributed by atoms with E-state index >= 15 is 0 Å². The van der Waals surface area contributed by atoms with Crippen LogP contribution < -0.4 is 5.73 Å². The third-order valence-electron chi connectivity index (χ3n) is 3.51. The highest BCUT2D eigenvalue weighted by atomic mass is 19.1. The maximum atomic E-state index is 14.1. The lowest BCUT2D eigenvalue weighted by Gasteiger charge is -2.26. The molecule has 0 radical (unpaired) electrons. The lowest BCUT2D eigenvalue weighted by Crippen LogP contribution is -2.35. The van der Waals surface area contributed by atoms with Crippen molar-refractivity contribution in [2.75, 3.05) is 32.8 Å². The standard InChI is InChI=1S/C14H19FN2O3/c15-13-7-10(12(8-16)14(18)19)1-2-11(13)9-17-3-5-20-6-4-17/h1-2,7,12H,3-6,8-9,16H2,(H,18,19). The van der Waals surface area contributed by atoms with Crippen molar-refractivity contribution in [3.05, 3.63) is 35.1 Å². The predicted octanol–water partition coefficient (Wildman–Crippen LogP) is 0.785. The summed E-state index contributed by atoms with van der Waals surface area (Å²) in [4.78, 5) is 13.1. The summed E-state index contributed by atoms with van der Waals surface area (Å²) in [6.07, 6.45) is 0. The number of halogens is 1. The summed E-state index contributed by atoms with van der Waals surface area (Å²) in [7, 11) is 0. The van der Waals surface area contributed by atoms with Gasteiger partial charge in [-0.1, -0.05) is 12.1 Å². The molecule has 0 saturated carbocycles. The minimum Gasteiger partial charge on any atom is -0.481 e. The lowest BCUT2D eigenvalue weighted by molar-refractivity contribution is -0.138. The zero-order valence-corrected chi connectivity index (χ0v) is 11.2. The van der Waals surface area contributed by atoms with E-state index in [1.165, 1.54) is 6.07 Å². The minimum atomic E-state index is -1.03. The number of carboxylic acids is 1. The highest BCUT2D eigenvalue weighted by molar-refractivity contribution is 5.76. The molecule has 0 spiro atoms. The molecule has 1 aromatic carbocycles. The Morgan fingerprint density at radius 2 is 2.15 bits per heavy atom. The molecule has 1 atom stereocenters. The summed E-state index contributed by atoms with van der Waals surface area (Å²) < 4.78 is 19.3. The van der Waals surface area contributed by atoms with Gasteiger partial charge in [-0.25, -0.2) is 4.39 Å². The van der Waals surface area contributed by atoms with Gasteiger partial charge in [0.05, 0.1) is 19.1 Å². The third-order valence-corrected chi connectivity index (χ3v) is 3.51. The predicted molar refractivity (Wildman–Crippen MR) is 71.9 cm³/mol. The molecular weight excluding hydrogens is 263 g/mol. The van der Waals surface area contributed by atoms with Crippen LogP contribution in [0.3, 0.4) is 0 Å². The van der Waals surface area contributed by atoms with Crippen molar-refractivity contribution in [2.24, 2.45) is 5.73 Å². The van der Waals surface area contributed by atoms with Crippen LogP contribution in [-0.2, 0) is 16.1 Å².